The van der Waals surface area contributed by atoms with E-state index in [4.69, 9.17) is 0 Å². The molecule has 1 heterocycles. The molecule has 2 amide bonds. The van der Waals surface area contributed by atoms with Crippen molar-refractivity contribution in [2.24, 2.45) is 11.8 Å². The van der Waals surface area contributed by atoms with Crippen molar-refractivity contribution in [2.75, 3.05) is 20.1 Å². The number of nitrogens with one attached hydrogen (secondary N) is 1. The van der Waals surface area contributed by atoms with E-state index in [9.17, 15) is 9.59 Å². The van der Waals surface area contributed by atoms with Crippen LogP contribution in [0.25, 0.3) is 0 Å². The van der Waals surface area contributed by atoms with Gasteiger partial charge in [0.05, 0.1) is 5.92 Å². The molecule has 1 rings (SSSR count). The molecule has 15 heavy (non-hydrogen) atoms. The largest absolute Gasteiger partial charge is 0.355 e. The monoisotopic (exact) mass is 212 g/mol. The summed E-state index contributed by atoms with van der Waals surface area (Å²) in [5, 5.41) is 2.68. The Hall–Kier alpha value is -1.06. The minimum Gasteiger partial charge on any atom is -0.355 e. The fourth-order valence-corrected chi connectivity index (χ4v) is 1.65. The molecule has 1 aliphatic heterocycles. The Morgan fingerprint density at radius 1 is 1.60 bits per heavy atom. The minimum absolute atomic E-state index is 0.00869. The van der Waals surface area contributed by atoms with E-state index < -0.39 is 0 Å². The molecule has 86 valence electrons. The quantitative estimate of drug-likeness (QED) is 0.743. The topological polar surface area (TPSA) is 49.4 Å². The molecule has 0 aromatic rings. The van der Waals surface area contributed by atoms with Crippen LogP contribution in [-0.2, 0) is 9.59 Å². The van der Waals surface area contributed by atoms with Crippen LogP contribution in [0, 0.1) is 11.8 Å². The molecule has 1 saturated heterocycles. The highest BCUT2D eigenvalue weighted by atomic mass is 16.2. The molecule has 1 aliphatic rings. The summed E-state index contributed by atoms with van der Waals surface area (Å²) in [6.07, 6.45) is 1.36. The zero-order valence-corrected chi connectivity index (χ0v) is 9.75. The van der Waals surface area contributed by atoms with Crippen LogP contribution in [0.5, 0.6) is 0 Å². The van der Waals surface area contributed by atoms with Crippen molar-refractivity contribution in [3.8, 4) is 0 Å². The van der Waals surface area contributed by atoms with Crippen molar-refractivity contribution >= 4 is 11.8 Å². The number of rotatable bonds is 4. The van der Waals surface area contributed by atoms with Crippen LogP contribution in [0.3, 0.4) is 0 Å². The van der Waals surface area contributed by atoms with E-state index in [2.05, 4.69) is 19.2 Å². The van der Waals surface area contributed by atoms with Gasteiger partial charge in [-0.2, -0.15) is 0 Å². The third-order valence-electron chi connectivity index (χ3n) is 2.74. The number of carbonyl (C=O) groups excluding carboxylic acids is 2. The molecule has 0 saturated carbocycles. The second-order valence-corrected chi connectivity index (χ2v) is 4.65. The number of hydrogen-bond donors (Lipinski definition) is 1. The first-order valence-electron chi connectivity index (χ1n) is 5.52. The number of amides is 2. The second kappa shape index (κ2) is 5.14. The standard InChI is InChI=1S/C11H20N2O2/c1-8(2)4-5-13(3)11(15)9-6-10(14)12-7-9/h8-9H,4-7H2,1-3H3,(H,12,14). The van der Waals surface area contributed by atoms with Crippen molar-refractivity contribution in [3.05, 3.63) is 0 Å². The Kier molecular flexibility index (Phi) is 4.12. The van der Waals surface area contributed by atoms with Crippen LogP contribution in [0.4, 0.5) is 0 Å². The molecule has 0 spiro atoms. The first kappa shape index (κ1) is 12.0. The predicted molar refractivity (Wildman–Crippen MR) is 58.2 cm³/mol. The third kappa shape index (κ3) is 3.53. The van der Waals surface area contributed by atoms with Gasteiger partial charge in [-0.3, -0.25) is 9.59 Å². The molecule has 4 heteroatoms. The molecule has 1 unspecified atom stereocenters. The van der Waals surface area contributed by atoms with E-state index in [1.807, 2.05) is 7.05 Å². The van der Waals surface area contributed by atoms with Crippen LogP contribution in [0.2, 0.25) is 0 Å². The van der Waals surface area contributed by atoms with Gasteiger partial charge < -0.3 is 10.2 Å². The molecule has 0 bridgehead atoms. The average molecular weight is 212 g/mol. The number of nitrogens with zero attached hydrogens (tertiary/aromatic N) is 1. The third-order valence-corrected chi connectivity index (χ3v) is 2.74. The van der Waals surface area contributed by atoms with Gasteiger partial charge in [-0.15, -0.1) is 0 Å². The van der Waals surface area contributed by atoms with Gasteiger partial charge in [-0.25, -0.2) is 0 Å². The Labute approximate surface area is 91.0 Å². The zero-order chi connectivity index (χ0) is 11.4. The highest BCUT2D eigenvalue weighted by Gasteiger charge is 2.29. The predicted octanol–water partition coefficient (Wildman–Crippen LogP) is 0.627. The SMILES string of the molecule is CC(C)CCN(C)C(=O)C1CNC(=O)C1. The second-order valence-electron chi connectivity index (χ2n) is 4.65. The summed E-state index contributed by atoms with van der Waals surface area (Å²) < 4.78 is 0. The van der Waals surface area contributed by atoms with Gasteiger partial charge in [0.2, 0.25) is 11.8 Å². The molecule has 0 aromatic heterocycles. The maximum absolute atomic E-state index is 11.8. The summed E-state index contributed by atoms with van der Waals surface area (Å²) in [5.74, 6) is 0.540. The first-order chi connectivity index (χ1) is 7.00. The first-order valence-corrected chi connectivity index (χ1v) is 5.52. The van der Waals surface area contributed by atoms with E-state index in [-0.39, 0.29) is 17.7 Å². The minimum atomic E-state index is -0.144. The van der Waals surface area contributed by atoms with Gasteiger partial charge in [-0.05, 0) is 12.3 Å². The highest BCUT2D eigenvalue weighted by Crippen LogP contribution is 2.12. The van der Waals surface area contributed by atoms with Crippen LogP contribution in [-0.4, -0.2) is 36.9 Å². The average Bonchev–Trinajstić information content (AvgIpc) is 2.60. The smallest absolute Gasteiger partial charge is 0.227 e. The van der Waals surface area contributed by atoms with E-state index in [1.54, 1.807) is 4.90 Å². The summed E-state index contributed by atoms with van der Waals surface area (Å²) in [6.45, 7) is 5.56. The number of hydrogen-bond acceptors (Lipinski definition) is 2. The summed E-state index contributed by atoms with van der Waals surface area (Å²) >= 11 is 0. The molecule has 1 fully saturated rings. The molecule has 1 N–H and O–H groups in total. The van der Waals surface area contributed by atoms with Crippen LogP contribution >= 0.6 is 0 Å². The molecule has 4 nitrogen and oxygen atoms in total. The highest BCUT2D eigenvalue weighted by molar-refractivity contribution is 5.89. The van der Waals surface area contributed by atoms with E-state index in [0.29, 0.717) is 18.9 Å². The van der Waals surface area contributed by atoms with Crippen molar-refractivity contribution < 1.29 is 9.59 Å². The van der Waals surface area contributed by atoms with Gasteiger partial charge in [0.1, 0.15) is 0 Å². The molecule has 0 aromatic carbocycles. The molecular formula is C11H20N2O2. The molecule has 0 aliphatic carbocycles. The van der Waals surface area contributed by atoms with Crippen molar-refractivity contribution in [3.63, 3.8) is 0 Å². The summed E-state index contributed by atoms with van der Waals surface area (Å²) in [6, 6.07) is 0. The maximum atomic E-state index is 11.8. The zero-order valence-electron chi connectivity index (χ0n) is 9.75. The van der Waals surface area contributed by atoms with E-state index in [1.165, 1.54) is 0 Å². The Morgan fingerprint density at radius 2 is 2.27 bits per heavy atom. The molecule has 0 radical (unpaired) electrons. The molecular weight excluding hydrogens is 192 g/mol. The Balaban J connectivity index is 2.35. The van der Waals surface area contributed by atoms with Gasteiger partial charge >= 0.3 is 0 Å². The summed E-state index contributed by atoms with van der Waals surface area (Å²) in [4.78, 5) is 24.5. The van der Waals surface area contributed by atoms with Gasteiger partial charge in [0.25, 0.3) is 0 Å². The Bertz CT molecular complexity index is 251. The van der Waals surface area contributed by atoms with Gasteiger partial charge in [-0.1, -0.05) is 13.8 Å². The maximum Gasteiger partial charge on any atom is 0.227 e. The van der Waals surface area contributed by atoms with Crippen molar-refractivity contribution in [1.82, 2.24) is 10.2 Å². The summed E-state index contributed by atoms with van der Waals surface area (Å²) in [5.41, 5.74) is 0. The lowest BCUT2D eigenvalue weighted by molar-refractivity contribution is -0.134. The van der Waals surface area contributed by atoms with Crippen molar-refractivity contribution in [2.45, 2.75) is 26.7 Å². The fourth-order valence-electron chi connectivity index (χ4n) is 1.65. The Morgan fingerprint density at radius 3 is 2.73 bits per heavy atom. The van der Waals surface area contributed by atoms with Gasteiger partial charge in [0, 0.05) is 26.6 Å². The van der Waals surface area contributed by atoms with E-state index >= 15 is 0 Å². The van der Waals surface area contributed by atoms with Crippen LogP contribution in [0.1, 0.15) is 26.7 Å². The number of carbonyl (C=O) groups is 2. The molecule has 1 atom stereocenters. The van der Waals surface area contributed by atoms with E-state index in [0.717, 1.165) is 13.0 Å². The normalized spacial score (nSPS) is 20.5. The van der Waals surface area contributed by atoms with Crippen LogP contribution in [0.15, 0.2) is 0 Å². The van der Waals surface area contributed by atoms with Gasteiger partial charge in [0.15, 0.2) is 0 Å². The summed E-state index contributed by atoms with van der Waals surface area (Å²) in [7, 11) is 1.81. The lowest BCUT2D eigenvalue weighted by atomic mass is 10.1. The lowest BCUT2D eigenvalue weighted by Crippen LogP contribution is -2.35. The van der Waals surface area contributed by atoms with Crippen LogP contribution < -0.4 is 5.32 Å². The lowest BCUT2D eigenvalue weighted by Gasteiger charge is -2.20. The van der Waals surface area contributed by atoms with Crippen molar-refractivity contribution in [1.29, 1.82) is 0 Å². The fraction of sp³-hybridized carbons (Fsp3) is 0.818.